The minimum atomic E-state index is 0.0130. The van der Waals surface area contributed by atoms with E-state index >= 15 is 0 Å². The summed E-state index contributed by atoms with van der Waals surface area (Å²) in [6, 6.07) is 7.51. The van der Waals surface area contributed by atoms with Gasteiger partial charge in [0.05, 0.1) is 31.4 Å². The van der Waals surface area contributed by atoms with Gasteiger partial charge in [0.1, 0.15) is 0 Å². The van der Waals surface area contributed by atoms with Crippen molar-refractivity contribution in [2.24, 2.45) is 0 Å². The fourth-order valence-corrected chi connectivity index (χ4v) is 2.41. The first-order valence-corrected chi connectivity index (χ1v) is 7.35. The maximum absolute atomic E-state index is 12.8. The van der Waals surface area contributed by atoms with E-state index in [0.29, 0.717) is 31.7 Å². The number of ether oxygens (including phenoxy) is 1. The topological polar surface area (TPSA) is 49.8 Å². The number of carbonyl (C=O) groups excluding carboxylic acids is 1. The molecular formula is C17H21NO3. The molecule has 1 aromatic carbocycles. The van der Waals surface area contributed by atoms with E-state index < -0.39 is 0 Å². The lowest BCUT2D eigenvalue weighted by atomic mass is 10.0. The molecule has 1 unspecified atom stereocenters. The molecule has 0 bridgehead atoms. The molecule has 21 heavy (non-hydrogen) atoms. The standard InChI is InChI=1S/C17H21NO3/c1-2-15-13-21-12-10-18(15)17(20)16-9-4-3-7-14(16)8-5-6-11-19/h3-4,7,9,15,19H,2,6,10-13H2,1H3. The third-order valence-corrected chi connectivity index (χ3v) is 3.58. The van der Waals surface area contributed by atoms with Gasteiger partial charge in [-0.05, 0) is 18.6 Å². The molecule has 1 aliphatic heterocycles. The van der Waals surface area contributed by atoms with E-state index in [1.165, 1.54) is 0 Å². The van der Waals surface area contributed by atoms with Crippen molar-refractivity contribution in [2.75, 3.05) is 26.4 Å². The molecule has 1 N–H and O–H groups in total. The van der Waals surface area contributed by atoms with Crippen LogP contribution < -0.4 is 0 Å². The third kappa shape index (κ3) is 3.84. The number of morpholine rings is 1. The zero-order chi connectivity index (χ0) is 15.1. The first kappa shape index (κ1) is 15.6. The number of hydrogen-bond acceptors (Lipinski definition) is 3. The first-order valence-electron chi connectivity index (χ1n) is 7.35. The zero-order valence-electron chi connectivity index (χ0n) is 12.3. The van der Waals surface area contributed by atoms with Crippen LogP contribution in [0.5, 0.6) is 0 Å². The van der Waals surface area contributed by atoms with Gasteiger partial charge in [0.15, 0.2) is 0 Å². The van der Waals surface area contributed by atoms with Crippen LogP contribution in [-0.2, 0) is 4.74 Å². The van der Waals surface area contributed by atoms with Gasteiger partial charge in [-0.15, -0.1) is 0 Å². The van der Waals surface area contributed by atoms with Crippen LogP contribution in [-0.4, -0.2) is 48.3 Å². The SMILES string of the molecule is CCC1COCCN1C(=O)c1ccccc1C#CCCO. The van der Waals surface area contributed by atoms with Crippen molar-refractivity contribution >= 4 is 5.91 Å². The van der Waals surface area contributed by atoms with Gasteiger partial charge < -0.3 is 14.7 Å². The molecule has 1 heterocycles. The summed E-state index contributed by atoms with van der Waals surface area (Å²) in [6.07, 6.45) is 1.29. The summed E-state index contributed by atoms with van der Waals surface area (Å²) in [5.74, 6) is 5.87. The van der Waals surface area contributed by atoms with E-state index in [-0.39, 0.29) is 18.6 Å². The first-order chi connectivity index (χ1) is 10.3. The van der Waals surface area contributed by atoms with Crippen LogP contribution in [0.15, 0.2) is 24.3 Å². The molecule has 0 saturated carbocycles. The molecule has 4 heteroatoms. The van der Waals surface area contributed by atoms with E-state index in [9.17, 15) is 4.79 Å². The van der Waals surface area contributed by atoms with E-state index in [1.807, 2.05) is 29.2 Å². The molecule has 0 spiro atoms. The van der Waals surface area contributed by atoms with Gasteiger partial charge >= 0.3 is 0 Å². The highest BCUT2D eigenvalue weighted by Crippen LogP contribution is 2.17. The maximum Gasteiger partial charge on any atom is 0.255 e. The molecule has 2 rings (SSSR count). The van der Waals surface area contributed by atoms with Crippen LogP contribution >= 0.6 is 0 Å². The quantitative estimate of drug-likeness (QED) is 0.860. The second-order valence-corrected chi connectivity index (χ2v) is 4.96. The Morgan fingerprint density at radius 2 is 2.29 bits per heavy atom. The van der Waals surface area contributed by atoms with Crippen LogP contribution in [0.2, 0.25) is 0 Å². The smallest absolute Gasteiger partial charge is 0.255 e. The van der Waals surface area contributed by atoms with Gasteiger partial charge in [0, 0.05) is 18.5 Å². The molecule has 112 valence electrons. The maximum atomic E-state index is 12.8. The van der Waals surface area contributed by atoms with Gasteiger partial charge in [0.25, 0.3) is 5.91 Å². The van der Waals surface area contributed by atoms with Gasteiger partial charge in [-0.3, -0.25) is 4.79 Å². The summed E-state index contributed by atoms with van der Waals surface area (Å²) in [5.41, 5.74) is 1.35. The number of hydrogen-bond donors (Lipinski definition) is 1. The van der Waals surface area contributed by atoms with Gasteiger partial charge in [-0.1, -0.05) is 30.9 Å². The van der Waals surface area contributed by atoms with Crippen LogP contribution in [0.1, 0.15) is 35.7 Å². The van der Waals surface area contributed by atoms with Crippen LogP contribution in [0.4, 0.5) is 0 Å². The number of rotatable bonds is 3. The van der Waals surface area contributed by atoms with Gasteiger partial charge in [-0.2, -0.15) is 0 Å². The normalized spacial score (nSPS) is 18.0. The molecule has 0 radical (unpaired) electrons. The monoisotopic (exact) mass is 287 g/mol. The van der Waals surface area contributed by atoms with Gasteiger partial charge in [-0.25, -0.2) is 0 Å². The molecule has 0 aromatic heterocycles. The summed E-state index contributed by atoms with van der Waals surface area (Å²) in [5, 5.41) is 8.80. The van der Waals surface area contributed by atoms with E-state index in [2.05, 4.69) is 18.8 Å². The summed E-state index contributed by atoms with van der Waals surface area (Å²) >= 11 is 0. The van der Waals surface area contributed by atoms with Crippen LogP contribution in [0, 0.1) is 11.8 Å². The number of nitrogens with zero attached hydrogens (tertiary/aromatic N) is 1. The Kier molecular flexibility index (Phi) is 5.79. The zero-order valence-corrected chi connectivity index (χ0v) is 12.3. The molecule has 1 saturated heterocycles. The summed E-state index contributed by atoms with van der Waals surface area (Å²) < 4.78 is 5.45. The minimum absolute atomic E-state index is 0.0130. The Morgan fingerprint density at radius 3 is 3.05 bits per heavy atom. The summed E-state index contributed by atoms with van der Waals surface area (Å²) in [4.78, 5) is 14.7. The minimum Gasteiger partial charge on any atom is -0.395 e. The average Bonchev–Trinajstić information content (AvgIpc) is 2.55. The Balaban J connectivity index is 2.24. The molecular weight excluding hydrogens is 266 g/mol. The third-order valence-electron chi connectivity index (χ3n) is 3.58. The number of aliphatic hydroxyl groups is 1. The highest BCUT2D eigenvalue weighted by atomic mass is 16.5. The summed E-state index contributed by atoms with van der Waals surface area (Å²) in [6.45, 7) is 3.90. The second kappa shape index (κ2) is 7.82. The Hall–Kier alpha value is -1.83. The van der Waals surface area contributed by atoms with Crippen molar-refractivity contribution in [3.05, 3.63) is 35.4 Å². The molecule has 1 aromatic rings. The molecule has 1 atom stereocenters. The average molecular weight is 287 g/mol. The van der Waals surface area contributed by atoms with Crippen molar-refractivity contribution < 1.29 is 14.6 Å². The fraction of sp³-hybridized carbons (Fsp3) is 0.471. The van der Waals surface area contributed by atoms with Crippen molar-refractivity contribution in [3.63, 3.8) is 0 Å². The van der Waals surface area contributed by atoms with Crippen molar-refractivity contribution in [1.29, 1.82) is 0 Å². The van der Waals surface area contributed by atoms with E-state index in [4.69, 9.17) is 9.84 Å². The predicted molar refractivity (Wildman–Crippen MR) is 81.0 cm³/mol. The van der Waals surface area contributed by atoms with Crippen LogP contribution in [0.25, 0.3) is 0 Å². The van der Waals surface area contributed by atoms with Gasteiger partial charge in [0.2, 0.25) is 0 Å². The Labute approximate surface area is 125 Å². The highest BCUT2D eigenvalue weighted by molar-refractivity contribution is 5.97. The van der Waals surface area contributed by atoms with Crippen molar-refractivity contribution in [2.45, 2.75) is 25.8 Å². The molecule has 4 nitrogen and oxygen atoms in total. The number of benzene rings is 1. The highest BCUT2D eigenvalue weighted by Gasteiger charge is 2.27. The van der Waals surface area contributed by atoms with Crippen molar-refractivity contribution in [1.82, 2.24) is 4.90 Å². The predicted octanol–water partition coefficient (Wildman–Crippen LogP) is 1.67. The second-order valence-electron chi connectivity index (χ2n) is 4.96. The lowest BCUT2D eigenvalue weighted by Gasteiger charge is -2.35. The Bertz CT molecular complexity index is 544. The fourth-order valence-electron chi connectivity index (χ4n) is 2.41. The number of aliphatic hydroxyl groups excluding tert-OH is 1. The molecule has 0 aliphatic carbocycles. The lowest BCUT2D eigenvalue weighted by molar-refractivity contribution is -0.00281. The largest absolute Gasteiger partial charge is 0.395 e. The lowest BCUT2D eigenvalue weighted by Crippen LogP contribution is -2.48. The molecule has 1 amide bonds. The van der Waals surface area contributed by atoms with Crippen LogP contribution in [0.3, 0.4) is 0 Å². The molecule has 1 fully saturated rings. The number of amides is 1. The molecule has 1 aliphatic rings. The van der Waals surface area contributed by atoms with Crippen molar-refractivity contribution in [3.8, 4) is 11.8 Å². The number of carbonyl (C=O) groups is 1. The van der Waals surface area contributed by atoms with E-state index in [0.717, 1.165) is 12.0 Å². The summed E-state index contributed by atoms with van der Waals surface area (Å²) in [7, 11) is 0. The Morgan fingerprint density at radius 1 is 1.48 bits per heavy atom. The van der Waals surface area contributed by atoms with E-state index in [1.54, 1.807) is 0 Å².